The van der Waals surface area contributed by atoms with Gasteiger partial charge < -0.3 is 15.0 Å². The Hall–Kier alpha value is -3.72. The third kappa shape index (κ3) is 4.46. The Morgan fingerprint density at radius 2 is 1.69 bits per heavy atom. The third-order valence-corrected chi connectivity index (χ3v) is 6.88. The topological polar surface area (TPSA) is 103 Å². The highest BCUT2D eigenvalue weighted by atomic mass is 16.3. The molecule has 9 heteroatoms. The van der Waals surface area contributed by atoms with Gasteiger partial charge in [0.15, 0.2) is 5.82 Å². The van der Waals surface area contributed by atoms with Gasteiger partial charge in [0.2, 0.25) is 0 Å². The number of nitrogens with one attached hydrogen (secondary N) is 1. The predicted molar refractivity (Wildman–Crippen MR) is 141 cm³/mol. The van der Waals surface area contributed by atoms with Crippen LogP contribution in [0.4, 0.5) is 5.69 Å². The first-order valence-electron chi connectivity index (χ1n) is 12.3. The summed E-state index contributed by atoms with van der Waals surface area (Å²) in [5.41, 5.74) is 4.30. The summed E-state index contributed by atoms with van der Waals surface area (Å²) in [6.45, 7) is 13.3. The quantitative estimate of drug-likeness (QED) is 0.454. The number of anilines is 1. The summed E-state index contributed by atoms with van der Waals surface area (Å²) >= 11 is 0. The van der Waals surface area contributed by atoms with Gasteiger partial charge in [-0.15, -0.1) is 5.10 Å². The van der Waals surface area contributed by atoms with Gasteiger partial charge in [0.25, 0.3) is 5.56 Å². The molecule has 1 aliphatic rings. The Kier molecular flexibility index (Phi) is 6.04. The Bertz CT molecular complexity index is 1440. The molecule has 1 atom stereocenters. The predicted octanol–water partition coefficient (Wildman–Crippen LogP) is 3.50. The molecule has 4 aromatic rings. The number of benzene rings is 2. The molecule has 1 saturated heterocycles. The average Bonchev–Trinajstić information content (AvgIpc) is 3.31. The Morgan fingerprint density at radius 1 is 1.00 bits per heavy atom. The van der Waals surface area contributed by atoms with Crippen molar-refractivity contribution in [3.63, 3.8) is 0 Å². The Labute approximate surface area is 210 Å². The van der Waals surface area contributed by atoms with Crippen LogP contribution in [0.2, 0.25) is 0 Å². The zero-order valence-electron chi connectivity index (χ0n) is 21.5. The van der Waals surface area contributed by atoms with E-state index in [0.29, 0.717) is 11.4 Å². The first-order valence-corrected chi connectivity index (χ1v) is 12.3. The maximum atomic E-state index is 13.5. The lowest BCUT2D eigenvalue weighted by molar-refractivity contribution is 0.190. The maximum absolute atomic E-state index is 13.5. The fourth-order valence-electron chi connectivity index (χ4n) is 5.15. The average molecular weight is 488 g/mol. The fraction of sp³-hybridized carbons (Fsp3) is 0.407. The fourth-order valence-corrected chi connectivity index (χ4v) is 5.15. The van der Waals surface area contributed by atoms with E-state index in [1.54, 1.807) is 12.1 Å². The number of fused-ring (bicyclic) bond motifs is 1. The molecule has 0 saturated carbocycles. The van der Waals surface area contributed by atoms with E-state index >= 15 is 0 Å². The van der Waals surface area contributed by atoms with Gasteiger partial charge in [-0.2, -0.15) is 0 Å². The lowest BCUT2D eigenvalue weighted by Crippen LogP contribution is -2.49. The summed E-state index contributed by atoms with van der Waals surface area (Å²) in [6.07, 6.45) is 0. The Morgan fingerprint density at radius 3 is 2.36 bits per heavy atom. The summed E-state index contributed by atoms with van der Waals surface area (Å²) in [4.78, 5) is 21.3. The van der Waals surface area contributed by atoms with E-state index in [0.717, 1.165) is 53.9 Å². The molecule has 9 nitrogen and oxygen atoms in total. The van der Waals surface area contributed by atoms with Crippen molar-refractivity contribution in [2.75, 3.05) is 31.1 Å². The van der Waals surface area contributed by atoms with E-state index in [1.165, 1.54) is 0 Å². The minimum absolute atomic E-state index is 0.121. The van der Waals surface area contributed by atoms with E-state index in [-0.39, 0.29) is 16.8 Å². The van der Waals surface area contributed by atoms with Gasteiger partial charge in [-0.3, -0.25) is 9.69 Å². The van der Waals surface area contributed by atoms with Gasteiger partial charge in [0.05, 0.1) is 11.1 Å². The number of pyridine rings is 1. The maximum Gasteiger partial charge on any atom is 0.253 e. The molecule has 0 amide bonds. The van der Waals surface area contributed by atoms with E-state index in [9.17, 15) is 9.90 Å². The lowest BCUT2D eigenvalue weighted by Gasteiger charge is -2.40. The molecule has 2 N–H and O–H groups in total. The highest BCUT2D eigenvalue weighted by Crippen LogP contribution is 2.31. The van der Waals surface area contributed by atoms with Gasteiger partial charge in [-0.1, -0.05) is 11.6 Å². The molecule has 36 heavy (non-hydrogen) atoms. The second kappa shape index (κ2) is 9.05. The molecule has 0 unspecified atom stereocenters. The van der Waals surface area contributed by atoms with Crippen LogP contribution in [0.1, 0.15) is 49.3 Å². The van der Waals surface area contributed by atoms with Crippen molar-refractivity contribution >= 4 is 16.6 Å². The van der Waals surface area contributed by atoms with E-state index in [4.69, 9.17) is 0 Å². The van der Waals surface area contributed by atoms with Crippen LogP contribution in [0.15, 0.2) is 47.3 Å². The molecule has 0 aliphatic carbocycles. The summed E-state index contributed by atoms with van der Waals surface area (Å²) in [7, 11) is 0. The second-order valence-corrected chi connectivity index (χ2v) is 10.7. The van der Waals surface area contributed by atoms with Crippen molar-refractivity contribution in [2.45, 2.75) is 46.2 Å². The smallest absolute Gasteiger partial charge is 0.253 e. The minimum atomic E-state index is -0.393. The monoisotopic (exact) mass is 487 g/mol. The number of rotatable bonds is 4. The molecule has 0 radical (unpaired) electrons. The first kappa shape index (κ1) is 24.0. The molecule has 2 aromatic heterocycles. The number of aryl methyl sites for hydroxylation is 2. The van der Waals surface area contributed by atoms with Crippen LogP contribution in [0, 0.1) is 13.8 Å². The zero-order valence-corrected chi connectivity index (χ0v) is 21.5. The van der Waals surface area contributed by atoms with Gasteiger partial charge >= 0.3 is 0 Å². The van der Waals surface area contributed by atoms with Crippen LogP contribution in [0.5, 0.6) is 5.75 Å². The van der Waals surface area contributed by atoms with Crippen LogP contribution >= 0.6 is 0 Å². The summed E-state index contributed by atoms with van der Waals surface area (Å²) in [5, 5.41) is 23.4. The summed E-state index contributed by atoms with van der Waals surface area (Å²) in [5.74, 6) is 0.919. The number of tetrazole rings is 1. The van der Waals surface area contributed by atoms with Crippen LogP contribution in [0.3, 0.4) is 0 Å². The SMILES string of the molecule is Cc1cc(C)c2[nH]c(=O)c([C@H](c3nnnn3C(C)(C)C)N3CCN(c4ccc(O)cc4)CC3)cc2c1. The number of hydrogen-bond donors (Lipinski definition) is 2. The van der Waals surface area contributed by atoms with Crippen LogP contribution in [0.25, 0.3) is 10.9 Å². The molecular weight excluding hydrogens is 454 g/mol. The largest absolute Gasteiger partial charge is 0.508 e. The number of aromatic hydroxyl groups is 1. The number of H-pyrrole nitrogens is 1. The van der Waals surface area contributed by atoms with E-state index < -0.39 is 6.04 Å². The number of piperazine rings is 1. The number of aromatic amines is 1. The molecule has 3 heterocycles. The van der Waals surface area contributed by atoms with Crippen LogP contribution in [-0.4, -0.2) is 61.4 Å². The molecule has 1 fully saturated rings. The molecule has 188 valence electrons. The molecular formula is C27H33N7O2. The standard InChI is InChI=1S/C27H33N7O2/c1-17-14-18(2)23-19(15-17)16-22(26(36)28-23)24(25-29-30-31-34(25)27(3,4)5)33-12-10-32(11-13-33)20-6-8-21(35)9-7-20/h6-9,14-16,24,35H,10-13H2,1-5H3,(H,28,36)/t24-/m1/s1. The highest BCUT2D eigenvalue weighted by molar-refractivity contribution is 5.83. The minimum Gasteiger partial charge on any atom is -0.508 e. The van der Waals surface area contributed by atoms with Gasteiger partial charge in [0, 0.05) is 37.4 Å². The van der Waals surface area contributed by atoms with Gasteiger partial charge in [-0.25, -0.2) is 4.68 Å². The summed E-state index contributed by atoms with van der Waals surface area (Å²) < 4.78 is 1.83. The van der Waals surface area contributed by atoms with Crippen LogP contribution in [-0.2, 0) is 5.54 Å². The van der Waals surface area contributed by atoms with Crippen molar-refractivity contribution in [2.24, 2.45) is 0 Å². The number of phenolic OH excluding ortho intramolecular Hbond substituents is 1. The number of hydrogen-bond acceptors (Lipinski definition) is 7. The van der Waals surface area contributed by atoms with Crippen molar-refractivity contribution in [1.82, 2.24) is 30.1 Å². The Balaban J connectivity index is 1.57. The lowest BCUT2D eigenvalue weighted by atomic mass is 9.99. The zero-order chi connectivity index (χ0) is 25.6. The first-order chi connectivity index (χ1) is 17.1. The van der Waals surface area contributed by atoms with Crippen molar-refractivity contribution < 1.29 is 5.11 Å². The second-order valence-electron chi connectivity index (χ2n) is 10.7. The number of aromatic nitrogens is 5. The molecule has 5 rings (SSSR count). The number of phenols is 1. The van der Waals surface area contributed by atoms with Gasteiger partial charge in [0.1, 0.15) is 11.8 Å². The molecule has 0 bridgehead atoms. The highest BCUT2D eigenvalue weighted by Gasteiger charge is 2.35. The van der Waals surface area contributed by atoms with Crippen molar-refractivity contribution in [1.29, 1.82) is 0 Å². The normalized spacial score (nSPS) is 16.0. The molecule has 0 spiro atoms. The van der Waals surface area contributed by atoms with Gasteiger partial charge in [-0.05, 0) is 92.4 Å². The number of nitrogens with zero attached hydrogens (tertiary/aromatic N) is 6. The molecule has 1 aliphatic heterocycles. The molecule has 2 aromatic carbocycles. The van der Waals surface area contributed by atoms with Crippen molar-refractivity contribution in [3.8, 4) is 5.75 Å². The summed E-state index contributed by atoms with van der Waals surface area (Å²) in [6, 6.07) is 13.1. The third-order valence-electron chi connectivity index (χ3n) is 6.88. The van der Waals surface area contributed by atoms with Crippen molar-refractivity contribution in [3.05, 3.63) is 75.3 Å². The van der Waals surface area contributed by atoms with E-state index in [1.807, 2.05) is 29.8 Å². The van der Waals surface area contributed by atoms with E-state index in [2.05, 4.69) is 70.1 Å². The van der Waals surface area contributed by atoms with Crippen LogP contribution < -0.4 is 10.5 Å².